The van der Waals surface area contributed by atoms with E-state index in [4.69, 9.17) is 0 Å². The molecule has 0 aliphatic carbocycles. The van der Waals surface area contributed by atoms with Crippen molar-refractivity contribution in [3.8, 4) is 0 Å². The normalized spacial score (nSPS) is 14.8. The van der Waals surface area contributed by atoms with Crippen LogP contribution < -0.4 is 10.6 Å². The first kappa shape index (κ1) is 14.2. The van der Waals surface area contributed by atoms with Crippen LogP contribution in [0, 0.1) is 13.8 Å². The Morgan fingerprint density at radius 2 is 2.10 bits per heavy atom. The van der Waals surface area contributed by atoms with Crippen LogP contribution in [0.2, 0.25) is 0 Å². The van der Waals surface area contributed by atoms with Crippen LogP contribution in [0.25, 0.3) is 0 Å². The number of hydrogen-bond donors (Lipinski definition) is 2. The number of carbonyl (C=O) groups excluding carboxylic acids is 1. The van der Waals surface area contributed by atoms with Crippen molar-refractivity contribution in [1.82, 2.24) is 15.6 Å². The van der Waals surface area contributed by atoms with Crippen LogP contribution in [0.1, 0.15) is 50.0 Å². The second-order valence-electron chi connectivity index (χ2n) is 5.46. The summed E-state index contributed by atoms with van der Waals surface area (Å²) in [6.07, 6.45) is 0. The quantitative estimate of drug-likeness (QED) is 0.916. The lowest BCUT2D eigenvalue weighted by atomic mass is 10.1. The van der Waals surface area contributed by atoms with Gasteiger partial charge in [0.1, 0.15) is 0 Å². The van der Waals surface area contributed by atoms with E-state index in [2.05, 4.69) is 15.6 Å². The topological polar surface area (TPSA) is 54.0 Å². The van der Waals surface area contributed by atoms with E-state index in [9.17, 15) is 4.79 Å². The number of amides is 1. The SMILES string of the molecule is Cc1nc(C)c(C(C)NC(=O)c2ccc3c(c2)CNC3)s1. The van der Waals surface area contributed by atoms with Gasteiger partial charge in [-0.1, -0.05) is 6.07 Å². The number of benzene rings is 1. The molecule has 1 atom stereocenters. The fraction of sp³-hybridized carbons (Fsp3) is 0.375. The van der Waals surface area contributed by atoms with Gasteiger partial charge in [0.2, 0.25) is 0 Å². The van der Waals surface area contributed by atoms with E-state index in [1.54, 1.807) is 11.3 Å². The Balaban J connectivity index is 1.75. The Bertz CT molecular complexity index is 693. The molecular weight excluding hydrogens is 282 g/mol. The lowest BCUT2D eigenvalue weighted by molar-refractivity contribution is 0.0940. The summed E-state index contributed by atoms with van der Waals surface area (Å²) >= 11 is 1.64. The zero-order valence-electron chi connectivity index (χ0n) is 12.5. The van der Waals surface area contributed by atoms with Crippen molar-refractivity contribution >= 4 is 17.2 Å². The molecule has 1 unspecified atom stereocenters. The van der Waals surface area contributed by atoms with E-state index < -0.39 is 0 Å². The summed E-state index contributed by atoms with van der Waals surface area (Å²) in [5.74, 6) is -0.0253. The molecule has 1 aromatic heterocycles. The number of fused-ring (bicyclic) bond motifs is 1. The van der Waals surface area contributed by atoms with Gasteiger partial charge in [0.25, 0.3) is 5.91 Å². The van der Waals surface area contributed by atoms with Crippen molar-refractivity contribution < 1.29 is 4.79 Å². The molecule has 2 heterocycles. The molecule has 0 saturated carbocycles. The fourth-order valence-corrected chi connectivity index (χ4v) is 3.66. The van der Waals surface area contributed by atoms with Gasteiger partial charge in [0.15, 0.2) is 0 Å². The van der Waals surface area contributed by atoms with Crippen LogP contribution in [0.3, 0.4) is 0 Å². The third kappa shape index (κ3) is 2.84. The number of aromatic nitrogens is 1. The molecule has 0 spiro atoms. The average Bonchev–Trinajstić information content (AvgIpc) is 3.03. The Morgan fingerprint density at radius 1 is 1.33 bits per heavy atom. The summed E-state index contributed by atoms with van der Waals surface area (Å²) in [6.45, 7) is 7.73. The number of nitrogens with one attached hydrogen (secondary N) is 2. The Kier molecular flexibility index (Phi) is 3.78. The standard InChI is InChI=1S/C16H19N3OS/c1-9-15(21-11(3)18-9)10(2)19-16(20)12-4-5-13-7-17-8-14(13)6-12/h4-6,10,17H,7-8H2,1-3H3,(H,19,20). The fourth-order valence-electron chi connectivity index (χ4n) is 2.73. The van der Waals surface area contributed by atoms with Crippen molar-refractivity contribution in [2.24, 2.45) is 0 Å². The number of aryl methyl sites for hydroxylation is 2. The first-order chi connectivity index (χ1) is 10.0. The summed E-state index contributed by atoms with van der Waals surface area (Å²) in [4.78, 5) is 17.9. The largest absolute Gasteiger partial charge is 0.345 e. The molecule has 1 aliphatic heterocycles. The molecule has 1 amide bonds. The number of carbonyl (C=O) groups is 1. The van der Waals surface area contributed by atoms with Crippen molar-refractivity contribution in [3.05, 3.63) is 50.5 Å². The molecule has 110 valence electrons. The number of hydrogen-bond acceptors (Lipinski definition) is 4. The highest BCUT2D eigenvalue weighted by Crippen LogP contribution is 2.25. The monoisotopic (exact) mass is 301 g/mol. The van der Waals surface area contributed by atoms with Gasteiger partial charge < -0.3 is 10.6 Å². The molecule has 1 aliphatic rings. The summed E-state index contributed by atoms with van der Waals surface area (Å²) in [5, 5.41) is 7.40. The van der Waals surface area contributed by atoms with Gasteiger partial charge in [-0.15, -0.1) is 11.3 Å². The average molecular weight is 301 g/mol. The summed E-state index contributed by atoms with van der Waals surface area (Å²) in [7, 11) is 0. The first-order valence-corrected chi connectivity index (χ1v) is 7.93. The zero-order chi connectivity index (χ0) is 15.0. The molecule has 2 aromatic rings. The molecule has 5 heteroatoms. The summed E-state index contributed by atoms with van der Waals surface area (Å²) < 4.78 is 0. The Labute approximate surface area is 128 Å². The highest BCUT2D eigenvalue weighted by molar-refractivity contribution is 7.11. The molecule has 21 heavy (non-hydrogen) atoms. The number of nitrogens with zero attached hydrogens (tertiary/aromatic N) is 1. The lowest BCUT2D eigenvalue weighted by Crippen LogP contribution is -2.26. The van der Waals surface area contributed by atoms with E-state index in [0.717, 1.165) is 34.2 Å². The lowest BCUT2D eigenvalue weighted by Gasteiger charge is -2.13. The molecule has 0 bridgehead atoms. The molecule has 4 nitrogen and oxygen atoms in total. The molecule has 0 fully saturated rings. The van der Waals surface area contributed by atoms with Gasteiger partial charge >= 0.3 is 0 Å². The van der Waals surface area contributed by atoms with E-state index >= 15 is 0 Å². The molecule has 1 aromatic carbocycles. The van der Waals surface area contributed by atoms with E-state index in [0.29, 0.717) is 0 Å². The minimum Gasteiger partial charge on any atom is -0.345 e. The molecular formula is C16H19N3OS. The highest BCUT2D eigenvalue weighted by atomic mass is 32.1. The predicted molar refractivity (Wildman–Crippen MR) is 84.5 cm³/mol. The minimum atomic E-state index is -0.0253. The second-order valence-corrected chi connectivity index (χ2v) is 6.70. The van der Waals surface area contributed by atoms with Crippen LogP contribution in [-0.4, -0.2) is 10.9 Å². The maximum atomic E-state index is 12.4. The highest BCUT2D eigenvalue weighted by Gasteiger charge is 2.18. The van der Waals surface area contributed by atoms with Crippen molar-refractivity contribution in [2.45, 2.75) is 39.9 Å². The summed E-state index contributed by atoms with van der Waals surface area (Å²) in [6, 6.07) is 5.91. The van der Waals surface area contributed by atoms with Crippen molar-refractivity contribution in [3.63, 3.8) is 0 Å². The third-order valence-corrected chi connectivity index (χ3v) is 5.04. The van der Waals surface area contributed by atoms with Crippen LogP contribution in [-0.2, 0) is 13.1 Å². The smallest absolute Gasteiger partial charge is 0.251 e. The van der Waals surface area contributed by atoms with Gasteiger partial charge in [-0.25, -0.2) is 4.98 Å². The van der Waals surface area contributed by atoms with Crippen LogP contribution in [0.15, 0.2) is 18.2 Å². The maximum absolute atomic E-state index is 12.4. The first-order valence-electron chi connectivity index (χ1n) is 7.12. The van der Waals surface area contributed by atoms with Gasteiger partial charge in [0, 0.05) is 23.5 Å². The number of rotatable bonds is 3. The molecule has 0 saturated heterocycles. The van der Waals surface area contributed by atoms with Crippen LogP contribution in [0.4, 0.5) is 0 Å². The minimum absolute atomic E-state index is 0.0184. The predicted octanol–water partition coefficient (Wildman–Crippen LogP) is 2.85. The van der Waals surface area contributed by atoms with E-state index in [1.165, 1.54) is 11.1 Å². The zero-order valence-corrected chi connectivity index (χ0v) is 13.3. The molecule has 0 radical (unpaired) electrons. The number of thiazole rings is 1. The van der Waals surface area contributed by atoms with Crippen molar-refractivity contribution in [2.75, 3.05) is 0 Å². The van der Waals surface area contributed by atoms with Gasteiger partial charge in [-0.3, -0.25) is 4.79 Å². The molecule has 2 N–H and O–H groups in total. The Morgan fingerprint density at radius 3 is 2.81 bits per heavy atom. The third-order valence-electron chi connectivity index (χ3n) is 3.78. The maximum Gasteiger partial charge on any atom is 0.251 e. The van der Waals surface area contributed by atoms with E-state index in [-0.39, 0.29) is 11.9 Å². The van der Waals surface area contributed by atoms with Crippen molar-refractivity contribution in [1.29, 1.82) is 0 Å². The van der Waals surface area contributed by atoms with Crippen LogP contribution in [0.5, 0.6) is 0 Å². The van der Waals surface area contributed by atoms with Gasteiger partial charge in [-0.2, -0.15) is 0 Å². The van der Waals surface area contributed by atoms with Crippen LogP contribution >= 0.6 is 11.3 Å². The Hall–Kier alpha value is -1.72. The van der Waals surface area contributed by atoms with E-state index in [1.807, 2.05) is 39.0 Å². The van der Waals surface area contributed by atoms with Gasteiger partial charge in [0.05, 0.1) is 16.7 Å². The van der Waals surface area contributed by atoms with Gasteiger partial charge in [-0.05, 0) is 44.0 Å². The second kappa shape index (κ2) is 5.58. The summed E-state index contributed by atoms with van der Waals surface area (Å²) in [5.41, 5.74) is 4.24. The molecule has 3 rings (SSSR count).